The Labute approximate surface area is 139 Å². The van der Waals surface area contributed by atoms with E-state index in [2.05, 4.69) is 0 Å². The zero-order valence-electron chi connectivity index (χ0n) is 12.8. The summed E-state index contributed by atoms with van der Waals surface area (Å²) in [6, 6.07) is 6.10. The Hall–Kier alpha value is -2.08. The summed E-state index contributed by atoms with van der Waals surface area (Å²) >= 11 is 5.90. The average Bonchev–Trinajstić information content (AvgIpc) is 2.98. The van der Waals surface area contributed by atoms with Crippen LogP contribution in [0.2, 0.25) is 5.02 Å². The molecular weight excluding hydrogens is 320 g/mol. The summed E-state index contributed by atoms with van der Waals surface area (Å²) in [6.07, 6.45) is 2.01. The molecule has 1 fully saturated rings. The van der Waals surface area contributed by atoms with Crippen molar-refractivity contribution in [1.29, 1.82) is 0 Å². The van der Waals surface area contributed by atoms with Crippen molar-refractivity contribution in [2.24, 2.45) is 5.73 Å². The molecule has 0 aliphatic heterocycles. The molecule has 0 aromatic heterocycles. The van der Waals surface area contributed by atoms with Gasteiger partial charge in [0.25, 0.3) is 5.91 Å². The van der Waals surface area contributed by atoms with Gasteiger partial charge < -0.3 is 10.5 Å². The zero-order valence-corrected chi connectivity index (χ0v) is 13.6. The fourth-order valence-electron chi connectivity index (χ4n) is 2.91. The third kappa shape index (κ3) is 3.82. The number of hydrogen-bond donors (Lipinski definition) is 2. The second-order valence-electron chi connectivity index (χ2n) is 5.70. The second kappa shape index (κ2) is 7.00. The normalized spacial score (nSPS) is 17.3. The van der Waals surface area contributed by atoms with Gasteiger partial charge in [-0.15, -0.1) is 0 Å². The van der Waals surface area contributed by atoms with Crippen LogP contribution >= 0.6 is 11.6 Å². The molecule has 3 N–H and O–H groups in total. The highest BCUT2D eigenvalue weighted by Crippen LogP contribution is 2.42. The number of nitrogens with two attached hydrogens (primary N) is 1. The molecule has 0 spiro atoms. The molecule has 1 unspecified atom stereocenters. The molecule has 3 amide bonds. The fraction of sp³-hybridized carbons (Fsp3) is 0.438. The van der Waals surface area contributed by atoms with Crippen molar-refractivity contribution in [2.75, 3.05) is 0 Å². The number of carbonyl (C=O) groups excluding carboxylic acids is 3. The largest absolute Gasteiger partial charge is 0.452 e. The first-order valence-electron chi connectivity index (χ1n) is 7.42. The van der Waals surface area contributed by atoms with Crippen molar-refractivity contribution in [3.63, 3.8) is 0 Å². The zero-order chi connectivity index (χ0) is 17.0. The number of halogens is 1. The highest BCUT2D eigenvalue weighted by atomic mass is 35.5. The van der Waals surface area contributed by atoms with Gasteiger partial charge in [-0.2, -0.15) is 0 Å². The van der Waals surface area contributed by atoms with Crippen LogP contribution in [0.25, 0.3) is 0 Å². The van der Waals surface area contributed by atoms with Gasteiger partial charge >= 0.3 is 12.0 Å². The first-order chi connectivity index (χ1) is 10.8. The van der Waals surface area contributed by atoms with Gasteiger partial charge in [-0.05, 0) is 37.5 Å². The van der Waals surface area contributed by atoms with E-state index in [0.29, 0.717) is 17.9 Å². The van der Waals surface area contributed by atoms with Crippen molar-refractivity contribution in [3.05, 3.63) is 34.9 Å². The van der Waals surface area contributed by atoms with Gasteiger partial charge in [-0.1, -0.05) is 36.6 Å². The summed E-state index contributed by atoms with van der Waals surface area (Å²) in [5.41, 5.74) is 4.95. The standard InChI is InChI=1S/C16H19ClN2O4/c1-10(13(20)19-15(18)22)23-14(21)16(8-2-3-9-16)11-4-6-12(17)7-5-11/h4-7,10H,2-3,8-9H2,1H3,(H3,18,19,20,22). The number of benzene rings is 1. The Morgan fingerprint density at radius 1 is 1.22 bits per heavy atom. The number of primary amides is 1. The van der Waals surface area contributed by atoms with Gasteiger partial charge in [0.1, 0.15) is 0 Å². The van der Waals surface area contributed by atoms with Crippen LogP contribution in [0.15, 0.2) is 24.3 Å². The van der Waals surface area contributed by atoms with Crippen molar-refractivity contribution in [2.45, 2.75) is 44.1 Å². The molecular formula is C16H19ClN2O4. The minimum absolute atomic E-state index is 0.468. The third-order valence-corrected chi connectivity index (χ3v) is 4.40. The molecule has 0 saturated heterocycles. The molecule has 0 radical (unpaired) electrons. The molecule has 0 heterocycles. The number of urea groups is 1. The molecule has 23 heavy (non-hydrogen) atoms. The summed E-state index contributed by atoms with van der Waals surface area (Å²) in [7, 11) is 0. The smallest absolute Gasteiger partial charge is 0.318 e. The van der Waals surface area contributed by atoms with Gasteiger partial charge in [-0.3, -0.25) is 14.9 Å². The van der Waals surface area contributed by atoms with E-state index >= 15 is 0 Å². The quantitative estimate of drug-likeness (QED) is 0.823. The number of carbonyl (C=O) groups is 3. The highest BCUT2D eigenvalue weighted by molar-refractivity contribution is 6.30. The van der Waals surface area contributed by atoms with Crippen LogP contribution in [0.5, 0.6) is 0 Å². The minimum Gasteiger partial charge on any atom is -0.452 e. The van der Waals surface area contributed by atoms with Crippen LogP contribution in [-0.2, 0) is 19.7 Å². The lowest BCUT2D eigenvalue weighted by Gasteiger charge is -2.28. The van der Waals surface area contributed by atoms with Crippen LogP contribution in [0.3, 0.4) is 0 Å². The fourth-order valence-corrected chi connectivity index (χ4v) is 3.03. The van der Waals surface area contributed by atoms with Gasteiger partial charge in [-0.25, -0.2) is 4.79 Å². The Kier molecular flexibility index (Phi) is 5.26. The van der Waals surface area contributed by atoms with E-state index in [1.165, 1.54) is 6.92 Å². The van der Waals surface area contributed by atoms with Gasteiger partial charge in [0.2, 0.25) is 0 Å². The van der Waals surface area contributed by atoms with Crippen LogP contribution in [0.4, 0.5) is 4.79 Å². The Morgan fingerprint density at radius 3 is 2.30 bits per heavy atom. The van der Waals surface area contributed by atoms with Crippen molar-refractivity contribution < 1.29 is 19.1 Å². The third-order valence-electron chi connectivity index (χ3n) is 4.14. The molecule has 1 atom stereocenters. The highest BCUT2D eigenvalue weighted by Gasteiger charge is 2.45. The van der Waals surface area contributed by atoms with E-state index in [4.69, 9.17) is 22.1 Å². The van der Waals surface area contributed by atoms with Crippen LogP contribution < -0.4 is 11.1 Å². The van der Waals surface area contributed by atoms with E-state index in [1.807, 2.05) is 17.4 Å². The molecule has 124 valence electrons. The molecule has 1 aromatic rings. The maximum Gasteiger partial charge on any atom is 0.318 e. The molecule has 1 aromatic carbocycles. The molecule has 0 bridgehead atoms. The van der Waals surface area contributed by atoms with Gasteiger partial charge in [0, 0.05) is 5.02 Å². The number of nitrogens with one attached hydrogen (secondary N) is 1. The maximum atomic E-state index is 12.7. The molecule has 1 saturated carbocycles. The number of esters is 1. The number of hydrogen-bond acceptors (Lipinski definition) is 4. The van der Waals surface area contributed by atoms with Gasteiger partial charge in [0.15, 0.2) is 6.10 Å². The maximum absolute atomic E-state index is 12.7. The first-order valence-corrected chi connectivity index (χ1v) is 7.80. The van der Waals surface area contributed by atoms with Gasteiger partial charge in [0.05, 0.1) is 5.41 Å². The second-order valence-corrected chi connectivity index (χ2v) is 6.13. The lowest BCUT2D eigenvalue weighted by molar-refractivity contribution is -0.160. The Balaban J connectivity index is 2.17. The van der Waals surface area contributed by atoms with Crippen molar-refractivity contribution in [1.82, 2.24) is 5.32 Å². The van der Waals surface area contributed by atoms with Crippen LogP contribution in [0, 0.1) is 0 Å². The summed E-state index contributed by atoms with van der Waals surface area (Å²) < 4.78 is 5.29. The number of rotatable bonds is 4. The molecule has 1 aliphatic carbocycles. The molecule has 6 nitrogen and oxygen atoms in total. The van der Waals surface area contributed by atoms with Crippen molar-refractivity contribution >= 4 is 29.5 Å². The van der Waals surface area contributed by atoms with E-state index < -0.39 is 29.4 Å². The predicted molar refractivity (Wildman–Crippen MR) is 84.9 cm³/mol. The molecule has 7 heteroatoms. The van der Waals surface area contributed by atoms with Crippen LogP contribution in [0.1, 0.15) is 38.2 Å². The summed E-state index contributed by atoms with van der Waals surface area (Å²) in [4.78, 5) is 35.1. The number of ether oxygens (including phenoxy) is 1. The monoisotopic (exact) mass is 338 g/mol. The lowest BCUT2D eigenvalue weighted by Crippen LogP contribution is -2.45. The first kappa shape index (κ1) is 17.3. The number of amides is 3. The van der Waals surface area contributed by atoms with E-state index in [1.54, 1.807) is 12.1 Å². The van der Waals surface area contributed by atoms with Crippen LogP contribution in [-0.4, -0.2) is 24.0 Å². The number of imide groups is 1. The topological polar surface area (TPSA) is 98.5 Å². The molecule has 2 rings (SSSR count). The summed E-state index contributed by atoms with van der Waals surface area (Å²) in [5, 5.41) is 2.49. The molecule has 1 aliphatic rings. The Bertz CT molecular complexity index is 609. The summed E-state index contributed by atoms with van der Waals surface area (Å²) in [5.74, 6) is -1.21. The minimum atomic E-state index is -1.10. The predicted octanol–water partition coefficient (Wildman–Crippen LogP) is 2.28. The van der Waals surface area contributed by atoms with E-state index in [-0.39, 0.29) is 0 Å². The summed E-state index contributed by atoms with van der Waals surface area (Å²) in [6.45, 7) is 1.40. The lowest BCUT2D eigenvalue weighted by atomic mass is 9.79. The Morgan fingerprint density at radius 2 is 1.78 bits per heavy atom. The van der Waals surface area contributed by atoms with Crippen molar-refractivity contribution in [3.8, 4) is 0 Å². The average molecular weight is 339 g/mol. The van der Waals surface area contributed by atoms with E-state index in [9.17, 15) is 14.4 Å². The van der Waals surface area contributed by atoms with E-state index in [0.717, 1.165) is 18.4 Å². The SMILES string of the molecule is CC(OC(=O)C1(c2ccc(Cl)cc2)CCCC1)C(=O)NC(N)=O.